The van der Waals surface area contributed by atoms with Crippen molar-refractivity contribution in [3.63, 3.8) is 0 Å². The number of hydrogen-bond acceptors (Lipinski definition) is 4. The number of nitrogens with one attached hydrogen (secondary N) is 1. The number of ether oxygens (including phenoxy) is 1. The van der Waals surface area contributed by atoms with E-state index in [1.54, 1.807) is 4.90 Å². The fraction of sp³-hybridized carbons (Fsp3) is 0.923. The number of amides is 2. The van der Waals surface area contributed by atoms with Gasteiger partial charge in [0.1, 0.15) is 9.84 Å². The number of hydrogen-bond donors (Lipinski definition) is 1. The van der Waals surface area contributed by atoms with E-state index in [-0.39, 0.29) is 29.8 Å². The van der Waals surface area contributed by atoms with Gasteiger partial charge in [-0.3, -0.25) is 0 Å². The summed E-state index contributed by atoms with van der Waals surface area (Å²) in [7, 11) is -2.92. The molecule has 0 radical (unpaired) electrons. The molecule has 0 aliphatic carbocycles. The Morgan fingerprint density at radius 3 is 2.45 bits per heavy atom. The van der Waals surface area contributed by atoms with Crippen LogP contribution in [0.25, 0.3) is 0 Å². The summed E-state index contributed by atoms with van der Waals surface area (Å²) in [5, 5.41) is 3.01. The zero-order chi connectivity index (χ0) is 14.8. The van der Waals surface area contributed by atoms with Crippen LogP contribution in [0.15, 0.2) is 0 Å². The standard InChI is InChI=1S/C13H24N2O4S/c1-10-12(5-8-19-10)14-13(16)15-6-3-11(4-7-15)9-20(2,17)18/h10-12H,3-9H2,1-2H3,(H,14,16)/t10-,12-/m1/s1. The Kier molecular flexibility index (Phi) is 4.90. The number of nitrogens with zero attached hydrogens (tertiary/aromatic N) is 1. The van der Waals surface area contributed by atoms with Crippen LogP contribution in [0.1, 0.15) is 26.2 Å². The smallest absolute Gasteiger partial charge is 0.317 e. The van der Waals surface area contributed by atoms with Crippen LogP contribution in [0.5, 0.6) is 0 Å². The second kappa shape index (κ2) is 6.30. The van der Waals surface area contributed by atoms with Gasteiger partial charge >= 0.3 is 6.03 Å². The summed E-state index contributed by atoms with van der Waals surface area (Å²) in [6.07, 6.45) is 3.72. The van der Waals surface area contributed by atoms with Crippen LogP contribution < -0.4 is 5.32 Å². The van der Waals surface area contributed by atoms with E-state index in [1.165, 1.54) is 6.26 Å². The Labute approximate surface area is 120 Å². The minimum atomic E-state index is -2.92. The van der Waals surface area contributed by atoms with E-state index in [2.05, 4.69) is 5.32 Å². The van der Waals surface area contributed by atoms with Crippen LogP contribution in [0.3, 0.4) is 0 Å². The molecule has 0 bridgehead atoms. The molecule has 20 heavy (non-hydrogen) atoms. The van der Waals surface area contributed by atoms with E-state index in [0.717, 1.165) is 19.3 Å². The molecule has 0 saturated carbocycles. The third-order valence-corrected chi connectivity index (χ3v) is 5.20. The largest absolute Gasteiger partial charge is 0.376 e. The van der Waals surface area contributed by atoms with Crippen molar-refractivity contribution in [2.75, 3.05) is 31.7 Å². The number of likely N-dealkylation sites (tertiary alicyclic amines) is 1. The number of piperidine rings is 1. The highest BCUT2D eigenvalue weighted by Crippen LogP contribution is 2.19. The maximum absolute atomic E-state index is 12.1. The van der Waals surface area contributed by atoms with Gasteiger partial charge in [-0.05, 0) is 32.1 Å². The Bertz CT molecular complexity index is 443. The molecular weight excluding hydrogens is 280 g/mol. The summed E-state index contributed by atoms with van der Waals surface area (Å²) in [6, 6.07) is 0.0430. The molecule has 2 fully saturated rings. The molecule has 2 heterocycles. The van der Waals surface area contributed by atoms with Crippen LogP contribution in [-0.2, 0) is 14.6 Å². The molecule has 0 aromatic rings. The summed E-state index contributed by atoms with van der Waals surface area (Å²) in [4.78, 5) is 13.9. The zero-order valence-electron chi connectivity index (χ0n) is 12.2. The number of rotatable bonds is 3. The average Bonchev–Trinajstić information content (AvgIpc) is 2.74. The van der Waals surface area contributed by atoms with E-state index >= 15 is 0 Å². The van der Waals surface area contributed by atoms with Crippen molar-refractivity contribution in [1.82, 2.24) is 10.2 Å². The minimum absolute atomic E-state index is 0.0508. The minimum Gasteiger partial charge on any atom is -0.376 e. The molecule has 116 valence electrons. The van der Waals surface area contributed by atoms with Gasteiger partial charge < -0.3 is 15.0 Å². The van der Waals surface area contributed by atoms with Gasteiger partial charge in [-0.15, -0.1) is 0 Å². The normalized spacial score (nSPS) is 28.6. The second-order valence-corrected chi connectivity index (χ2v) is 8.13. The number of carbonyl (C=O) groups excluding carboxylic acids is 1. The van der Waals surface area contributed by atoms with Crippen molar-refractivity contribution in [1.29, 1.82) is 0 Å². The Hall–Kier alpha value is -0.820. The molecule has 2 aliphatic rings. The molecule has 0 aromatic heterocycles. The summed E-state index contributed by atoms with van der Waals surface area (Å²) >= 11 is 0. The van der Waals surface area contributed by atoms with Gasteiger partial charge in [0.05, 0.1) is 17.9 Å². The van der Waals surface area contributed by atoms with Crippen LogP contribution in [0.2, 0.25) is 0 Å². The molecule has 2 saturated heterocycles. The molecule has 6 nitrogen and oxygen atoms in total. The van der Waals surface area contributed by atoms with E-state index in [1.807, 2.05) is 6.92 Å². The monoisotopic (exact) mass is 304 g/mol. The molecule has 2 amide bonds. The molecule has 0 aromatic carbocycles. The van der Waals surface area contributed by atoms with Gasteiger partial charge in [0, 0.05) is 26.0 Å². The topological polar surface area (TPSA) is 75.7 Å². The van der Waals surface area contributed by atoms with Gasteiger partial charge in [-0.25, -0.2) is 13.2 Å². The highest BCUT2D eigenvalue weighted by atomic mass is 32.2. The van der Waals surface area contributed by atoms with Crippen molar-refractivity contribution >= 4 is 15.9 Å². The van der Waals surface area contributed by atoms with Crippen LogP contribution >= 0.6 is 0 Å². The first-order valence-electron chi connectivity index (χ1n) is 7.20. The maximum Gasteiger partial charge on any atom is 0.317 e. The van der Waals surface area contributed by atoms with Crippen molar-refractivity contribution < 1.29 is 17.9 Å². The Morgan fingerprint density at radius 1 is 1.30 bits per heavy atom. The number of carbonyl (C=O) groups is 1. The van der Waals surface area contributed by atoms with Crippen molar-refractivity contribution in [2.45, 2.75) is 38.3 Å². The number of urea groups is 1. The van der Waals surface area contributed by atoms with Crippen LogP contribution in [0, 0.1) is 5.92 Å². The SMILES string of the molecule is C[C@H]1OCC[C@H]1NC(=O)N1CCC(CS(C)(=O)=O)CC1. The van der Waals surface area contributed by atoms with Crippen molar-refractivity contribution in [3.8, 4) is 0 Å². The fourth-order valence-corrected chi connectivity index (χ4v) is 4.09. The zero-order valence-corrected chi connectivity index (χ0v) is 13.0. The molecule has 0 unspecified atom stereocenters. The summed E-state index contributed by atoms with van der Waals surface area (Å²) < 4.78 is 28.0. The molecule has 2 aliphatic heterocycles. The van der Waals surface area contributed by atoms with Crippen molar-refractivity contribution in [3.05, 3.63) is 0 Å². The molecule has 0 spiro atoms. The Balaban J connectivity index is 1.77. The summed E-state index contributed by atoms with van der Waals surface area (Å²) in [5.74, 6) is 0.415. The van der Waals surface area contributed by atoms with Gasteiger partial charge in [-0.2, -0.15) is 0 Å². The highest BCUT2D eigenvalue weighted by molar-refractivity contribution is 7.90. The van der Waals surface area contributed by atoms with Crippen LogP contribution in [-0.4, -0.2) is 63.2 Å². The lowest BCUT2D eigenvalue weighted by atomic mass is 9.99. The average molecular weight is 304 g/mol. The lowest BCUT2D eigenvalue weighted by molar-refractivity contribution is 0.110. The Morgan fingerprint density at radius 2 is 1.95 bits per heavy atom. The van der Waals surface area contributed by atoms with Crippen molar-refractivity contribution in [2.24, 2.45) is 5.92 Å². The molecular formula is C13H24N2O4S. The second-order valence-electron chi connectivity index (χ2n) is 5.94. The molecule has 7 heteroatoms. The van der Waals surface area contributed by atoms with E-state index < -0.39 is 9.84 Å². The molecule has 1 N–H and O–H groups in total. The van der Waals surface area contributed by atoms with E-state index in [4.69, 9.17) is 4.74 Å². The van der Waals surface area contributed by atoms with Crippen LogP contribution in [0.4, 0.5) is 4.79 Å². The first-order chi connectivity index (χ1) is 9.35. The molecule has 2 atom stereocenters. The van der Waals surface area contributed by atoms with Gasteiger partial charge in [0.25, 0.3) is 0 Å². The predicted octanol–water partition coefficient (Wildman–Crippen LogP) is 0.630. The summed E-state index contributed by atoms with van der Waals surface area (Å²) in [6.45, 7) is 3.93. The number of sulfone groups is 1. The lowest BCUT2D eigenvalue weighted by Crippen LogP contribution is -2.49. The van der Waals surface area contributed by atoms with E-state index in [0.29, 0.717) is 19.7 Å². The lowest BCUT2D eigenvalue weighted by Gasteiger charge is -2.32. The third kappa shape index (κ3) is 4.34. The first-order valence-corrected chi connectivity index (χ1v) is 9.26. The third-order valence-electron chi connectivity index (χ3n) is 4.13. The molecule has 2 rings (SSSR count). The van der Waals surface area contributed by atoms with Gasteiger partial charge in [-0.1, -0.05) is 0 Å². The van der Waals surface area contributed by atoms with E-state index in [9.17, 15) is 13.2 Å². The summed E-state index contributed by atoms with van der Waals surface area (Å²) in [5.41, 5.74) is 0. The first kappa shape index (κ1) is 15.6. The maximum atomic E-state index is 12.1. The highest BCUT2D eigenvalue weighted by Gasteiger charge is 2.29. The van der Waals surface area contributed by atoms with Gasteiger partial charge in [0.15, 0.2) is 0 Å². The predicted molar refractivity (Wildman–Crippen MR) is 76.4 cm³/mol. The quantitative estimate of drug-likeness (QED) is 0.830. The fourth-order valence-electron chi connectivity index (χ4n) is 2.90. The van der Waals surface area contributed by atoms with Gasteiger partial charge in [0.2, 0.25) is 0 Å².